The molecular weight excluding hydrogens is 190 g/mol. The van der Waals surface area contributed by atoms with E-state index in [0.717, 1.165) is 9.88 Å². The fraction of sp³-hybridized carbons (Fsp3) is 0.375. The van der Waals surface area contributed by atoms with Gasteiger partial charge >= 0.3 is 11.9 Å². The van der Waals surface area contributed by atoms with Crippen LogP contribution in [0, 0.1) is 6.92 Å². The molecule has 0 spiro atoms. The van der Waals surface area contributed by atoms with Crippen molar-refractivity contribution in [2.24, 2.45) is 0 Å². The second kappa shape index (κ2) is 2.92. The topological polar surface area (TPSA) is 56.3 Å². The third-order valence-corrected chi connectivity index (χ3v) is 2.88. The van der Waals surface area contributed by atoms with Crippen molar-refractivity contribution in [2.45, 2.75) is 19.3 Å². The summed E-state index contributed by atoms with van der Waals surface area (Å²) in [6.45, 7) is 1.86. The van der Waals surface area contributed by atoms with Crippen LogP contribution in [-0.2, 0) is 14.3 Å². The summed E-state index contributed by atoms with van der Waals surface area (Å²) >= 11 is 1.43. The molecule has 13 heavy (non-hydrogen) atoms. The molecule has 0 radical (unpaired) electrons. The molecule has 68 valence electrons. The molecule has 0 saturated carbocycles. The minimum atomic E-state index is -0.450. The Balaban J connectivity index is 2.27. The maximum atomic E-state index is 11.1. The molecule has 2 rings (SSSR count). The van der Waals surface area contributed by atoms with Crippen LogP contribution >= 0.6 is 11.3 Å². The molecule has 0 bridgehead atoms. The molecule has 1 aliphatic rings. The maximum Gasteiger partial charge on any atom is 0.322 e. The average Bonchev–Trinajstić information content (AvgIpc) is 2.58. The third kappa shape index (κ3) is 1.47. The van der Waals surface area contributed by atoms with Gasteiger partial charge in [0.05, 0.1) is 11.4 Å². The van der Waals surface area contributed by atoms with E-state index in [0.29, 0.717) is 0 Å². The average molecular weight is 197 g/mol. The Bertz CT molecular complexity index is 371. The van der Waals surface area contributed by atoms with Crippen molar-refractivity contribution in [3.63, 3.8) is 0 Å². The molecule has 1 aliphatic heterocycles. The number of carbonyl (C=O) groups is 2. The zero-order chi connectivity index (χ0) is 9.42. The molecule has 0 amide bonds. The molecule has 1 fully saturated rings. The molecule has 2 heterocycles. The number of thiazole rings is 1. The Morgan fingerprint density at radius 1 is 1.62 bits per heavy atom. The van der Waals surface area contributed by atoms with Crippen LogP contribution in [0.1, 0.15) is 22.2 Å². The van der Waals surface area contributed by atoms with Gasteiger partial charge in [-0.25, -0.2) is 4.98 Å². The zero-order valence-electron chi connectivity index (χ0n) is 6.94. The first-order valence-electron chi connectivity index (χ1n) is 3.83. The minimum Gasteiger partial charge on any atom is -0.393 e. The number of cyclic esters (lactones) is 2. The van der Waals surface area contributed by atoms with Crippen LogP contribution in [0.3, 0.4) is 0 Å². The predicted octanol–water partition coefficient (Wildman–Crippen LogP) is 1.01. The lowest BCUT2D eigenvalue weighted by Crippen LogP contribution is -2.03. The van der Waals surface area contributed by atoms with Crippen LogP contribution in [0.5, 0.6) is 0 Å². The summed E-state index contributed by atoms with van der Waals surface area (Å²) in [5.41, 5.74) is 0. The van der Waals surface area contributed by atoms with Gasteiger partial charge in [0.25, 0.3) is 0 Å². The smallest absolute Gasteiger partial charge is 0.322 e. The molecule has 4 nitrogen and oxygen atoms in total. The normalized spacial score (nSPS) is 22.1. The van der Waals surface area contributed by atoms with E-state index < -0.39 is 17.9 Å². The van der Waals surface area contributed by atoms with Crippen molar-refractivity contribution in [2.75, 3.05) is 0 Å². The van der Waals surface area contributed by atoms with Crippen LogP contribution in [0.2, 0.25) is 0 Å². The van der Waals surface area contributed by atoms with E-state index in [1.54, 1.807) is 6.20 Å². The molecule has 1 unspecified atom stereocenters. The number of aryl methyl sites for hydroxylation is 1. The maximum absolute atomic E-state index is 11.1. The van der Waals surface area contributed by atoms with Gasteiger partial charge in [0, 0.05) is 11.1 Å². The van der Waals surface area contributed by atoms with Crippen molar-refractivity contribution in [3.05, 3.63) is 16.1 Å². The van der Waals surface area contributed by atoms with Gasteiger partial charge < -0.3 is 4.74 Å². The van der Waals surface area contributed by atoms with Gasteiger partial charge in [-0.15, -0.1) is 11.3 Å². The van der Waals surface area contributed by atoms with Gasteiger partial charge in [0.1, 0.15) is 5.92 Å². The van der Waals surface area contributed by atoms with Gasteiger partial charge in [-0.2, -0.15) is 0 Å². The molecule has 1 saturated heterocycles. The van der Waals surface area contributed by atoms with E-state index in [2.05, 4.69) is 9.72 Å². The lowest BCUT2D eigenvalue weighted by Gasteiger charge is -1.96. The molecule has 1 aromatic heterocycles. The first-order valence-corrected chi connectivity index (χ1v) is 4.65. The molecule has 1 atom stereocenters. The third-order valence-electron chi connectivity index (χ3n) is 1.85. The molecule has 0 aliphatic carbocycles. The first kappa shape index (κ1) is 8.37. The van der Waals surface area contributed by atoms with Gasteiger partial charge in [-0.1, -0.05) is 0 Å². The van der Waals surface area contributed by atoms with Gasteiger partial charge in [-0.05, 0) is 6.92 Å². The van der Waals surface area contributed by atoms with Crippen molar-refractivity contribution >= 4 is 23.3 Å². The minimum absolute atomic E-state index is 0.153. The largest absolute Gasteiger partial charge is 0.393 e. The summed E-state index contributed by atoms with van der Waals surface area (Å²) in [6, 6.07) is 0. The fourth-order valence-electron chi connectivity index (χ4n) is 1.23. The second-order valence-electron chi connectivity index (χ2n) is 2.83. The van der Waals surface area contributed by atoms with Crippen LogP contribution in [-0.4, -0.2) is 16.9 Å². The van der Waals surface area contributed by atoms with Crippen LogP contribution in [0.4, 0.5) is 0 Å². The highest BCUT2D eigenvalue weighted by atomic mass is 32.1. The number of esters is 2. The lowest BCUT2D eigenvalue weighted by molar-refractivity contribution is -0.152. The highest BCUT2D eigenvalue weighted by Gasteiger charge is 2.35. The van der Waals surface area contributed by atoms with E-state index in [9.17, 15) is 9.59 Å². The molecular formula is C8H7NO3S. The van der Waals surface area contributed by atoms with Crippen molar-refractivity contribution in [1.29, 1.82) is 0 Å². The molecule has 0 N–H and O–H groups in total. The van der Waals surface area contributed by atoms with E-state index in [1.165, 1.54) is 11.3 Å². The summed E-state index contributed by atoms with van der Waals surface area (Å²) in [4.78, 5) is 26.7. The van der Waals surface area contributed by atoms with Crippen molar-refractivity contribution in [1.82, 2.24) is 4.98 Å². The van der Waals surface area contributed by atoms with Gasteiger partial charge in [-0.3, -0.25) is 9.59 Å². The van der Waals surface area contributed by atoms with Crippen molar-refractivity contribution < 1.29 is 14.3 Å². The van der Waals surface area contributed by atoms with E-state index >= 15 is 0 Å². The lowest BCUT2D eigenvalue weighted by atomic mass is 10.1. The zero-order valence-corrected chi connectivity index (χ0v) is 7.76. The second-order valence-corrected chi connectivity index (χ2v) is 4.10. The van der Waals surface area contributed by atoms with Crippen LogP contribution in [0.15, 0.2) is 6.20 Å². The Kier molecular flexibility index (Phi) is 1.88. The number of nitrogens with zero attached hydrogens (tertiary/aromatic N) is 1. The van der Waals surface area contributed by atoms with Crippen molar-refractivity contribution in [3.8, 4) is 0 Å². The Morgan fingerprint density at radius 3 is 2.85 bits per heavy atom. The fourth-order valence-corrected chi connectivity index (χ4v) is 2.10. The highest BCUT2D eigenvalue weighted by Crippen LogP contribution is 2.30. The summed E-state index contributed by atoms with van der Waals surface area (Å²) in [6.07, 6.45) is 1.78. The number of hydrogen-bond acceptors (Lipinski definition) is 5. The van der Waals surface area contributed by atoms with E-state index in [-0.39, 0.29) is 6.42 Å². The Labute approximate surface area is 78.5 Å². The molecule has 0 aromatic carbocycles. The summed E-state index contributed by atoms with van der Waals surface area (Å²) < 4.78 is 4.44. The number of rotatable bonds is 1. The van der Waals surface area contributed by atoms with E-state index in [1.807, 2.05) is 6.92 Å². The number of carbonyl (C=O) groups excluding carboxylic acids is 2. The standard InChI is InChI=1S/C8H7NO3S/c1-4-9-3-6(13-4)5-2-7(10)12-8(5)11/h3,5H,2H2,1H3. The number of aromatic nitrogens is 1. The highest BCUT2D eigenvalue weighted by molar-refractivity contribution is 7.11. The van der Waals surface area contributed by atoms with Crippen LogP contribution in [0.25, 0.3) is 0 Å². The Morgan fingerprint density at radius 2 is 2.38 bits per heavy atom. The summed E-state index contributed by atoms with van der Waals surface area (Å²) in [7, 11) is 0. The number of ether oxygens (including phenoxy) is 1. The molecule has 5 heteroatoms. The monoisotopic (exact) mass is 197 g/mol. The summed E-state index contributed by atoms with van der Waals surface area (Å²) in [5.74, 6) is -1.31. The first-order chi connectivity index (χ1) is 6.16. The van der Waals surface area contributed by atoms with Gasteiger partial charge in [0.15, 0.2) is 0 Å². The van der Waals surface area contributed by atoms with Crippen LogP contribution < -0.4 is 0 Å². The van der Waals surface area contributed by atoms with E-state index in [4.69, 9.17) is 0 Å². The summed E-state index contributed by atoms with van der Waals surface area (Å²) in [5, 5.41) is 0.891. The number of hydrogen-bond donors (Lipinski definition) is 0. The quantitative estimate of drug-likeness (QED) is 0.498. The predicted molar refractivity (Wildman–Crippen MR) is 45.3 cm³/mol. The van der Waals surface area contributed by atoms with Gasteiger partial charge in [0.2, 0.25) is 0 Å². The SMILES string of the molecule is Cc1ncc(C2CC(=O)OC2=O)s1. The Hall–Kier alpha value is -1.23. The molecule has 1 aromatic rings.